The summed E-state index contributed by atoms with van der Waals surface area (Å²) in [6, 6.07) is 9.82. The van der Waals surface area contributed by atoms with Crippen molar-refractivity contribution in [2.24, 2.45) is 5.73 Å². The molecule has 0 aliphatic carbocycles. The minimum absolute atomic E-state index is 0.115. The van der Waals surface area contributed by atoms with Gasteiger partial charge >= 0.3 is 0 Å². The Labute approximate surface area is 92.2 Å². The standard InChI is InChI=1S/C11H12N2OS/c12-7-6-9-10(14)13-11(15-9)8-4-2-1-3-5-8/h1-5,14H,6-7,12H2. The second kappa shape index (κ2) is 4.42. The van der Waals surface area contributed by atoms with Gasteiger partial charge in [-0.2, -0.15) is 0 Å². The van der Waals surface area contributed by atoms with E-state index in [1.54, 1.807) is 0 Å². The molecule has 0 spiro atoms. The van der Waals surface area contributed by atoms with Gasteiger partial charge in [-0.15, -0.1) is 11.3 Å². The molecule has 1 heterocycles. The number of hydrogen-bond donors (Lipinski definition) is 2. The predicted molar refractivity (Wildman–Crippen MR) is 62.0 cm³/mol. The number of thiazole rings is 1. The van der Waals surface area contributed by atoms with Crippen molar-refractivity contribution in [3.8, 4) is 16.5 Å². The van der Waals surface area contributed by atoms with Crippen LogP contribution in [0.25, 0.3) is 10.6 Å². The highest BCUT2D eigenvalue weighted by atomic mass is 32.1. The molecule has 0 unspecified atom stereocenters. The molecule has 3 nitrogen and oxygen atoms in total. The Hall–Kier alpha value is -1.39. The van der Waals surface area contributed by atoms with Crippen molar-refractivity contribution in [3.05, 3.63) is 35.2 Å². The van der Waals surface area contributed by atoms with E-state index in [2.05, 4.69) is 4.98 Å². The first kappa shape index (κ1) is 10.1. The summed E-state index contributed by atoms with van der Waals surface area (Å²) in [7, 11) is 0. The Morgan fingerprint density at radius 3 is 2.67 bits per heavy atom. The molecule has 1 aromatic heterocycles. The molecule has 0 atom stereocenters. The lowest BCUT2D eigenvalue weighted by Crippen LogP contribution is -2.00. The molecule has 0 amide bonds. The molecular weight excluding hydrogens is 208 g/mol. The summed E-state index contributed by atoms with van der Waals surface area (Å²) >= 11 is 1.50. The molecule has 0 saturated heterocycles. The van der Waals surface area contributed by atoms with Crippen LogP contribution in [0.2, 0.25) is 0 Å². The Morgan fingerprint density at radius 1 is 1.27 bits per heavy atom. The average molecular weight is 220 g/mol. The maximum atomic E-state index is 9.57. The van der Waals surface area contributed by atoms with Crippen LogP contribution in [-0.2, 0) is 6.42 Å². The molecule has 2 aromatic rings. The van der Waals surface area contributed by atoms with Crippen molar-refractivity contribution in [3.63, 3.8) is 0 Å². The molecule has 78 valence electrons. The summed E-state index contributed by atoms with van der Waals surface area (Å²) in [6.45, 7) is 0.532. The molecule has 15 heavy (non-hydrogen) atoms. The van der Waals surface area contributed by atoms with Gasteiger partial charge in [0.2, 0.25) is 5.88 Å². The summed E-state index contributed by atoms with van der Waals surface area (Å²) in [5.41, 5.74) is 6.47. The van der Waals surface area contributed by atoms with E-state index in [9.17, 15) is 5.11 Å². The Bertz CT molecular complexity index is 439. The molecular formula is C11H12N2OS. The number of nitrogens with two attached hydrogens (primary N) is 1. The minimum atomic E-state index is 0.115. The summed E-state index contributed by atoms with van der Waals surface area (Å²) in [4.78, 5) is 4.98. The molecule has 0 fully saturated rings. The molecule has 3 N–H and O–H groups in total. The maximum Gasteiger partial charge on any atom is 0.225 e. The zero-order valence-corrected chi connectivity index (χ0v) is 9.00. The largest absolute Gasteiger partial charge is 0.492 e. The fourth-order valence-electron chi connectivity index (χ4n) is 1.34. The molecule has 0 aliphatic heterocycles. The van der Waals surface area contributed by atoms with E-state index >= 15 is 0 Å². The van der Waals surface area contributed by atoms with E-state index in [4.69, 9.17) is 5.73 Å². The first-order valence-corrected chi connectivity index (χ1v) is 5.57. The zero-order valence-electron chi connectivity index (χ0n) is 8.18. The number of aromatic nitrogens is 1. The maximum absolute atomic E-state index is 9.57. The number of hydrogen-bond acceptors (Lipinski definition) is 4. The second-order valence-electron chi connectivity index (χ2n) is 3.17. The predicted octanol–water partition coefficient (Wildman–Crippen LogP) is 2.02. The molecule has 0 bridgehead atoms. The van der Waals surface area contributed by atoms with Crippen LogP contribution in [0, 0.1) is 0 Å². The van der Waals surface area contributed by atoms with E-state index in [0.29, 0.717) is 13.0 Å². The van der Waals surface area contributed by atoms with Gasteiger partial charge in [0.25, 0.3) is 0 Å². The second-order valence-corrected chi connectivity index (χ2v) is 4.25. The third kappa shape index (κ3) is 2.16. The van der Waals surface area contributed by atoms with Crippen LogP contribution in [0.3, 0.4) is 0 Å². The van der Waals surface area contributed by atoms with Crippen LogP contribution in [0.4, 0.5) is 0 Å². The van der Waals surface area contributed by atoms with Gasteiger partial charge in [-0.05, 0) is 13.0 Å². The lowest BCUT2D eigenvalue weighted by atomic mass is 10.2. The molecule has 0 saturated carbocycles. The van der Waals surface area contributed by atoms with Gasteiger partial charge in [0.15, 0.2) is 0 Å². The Balaban J connectivity index is 2.34. The highest BCUT2D eigenvalue weighted by Gasteiger charge is 2.10. The number of benzene rings is 1. The van der Waals surface area contributed by atoms with E-state index in [1.807, 2.05) is 30.3 Å². The smallest absolute Gasteiger partial charge is 0.225 e. The van der Waals surface area contributed by atoms with Crippen LogP contribution < -0.4 is 5.73 Å². The van der Waals surface area contributed by atoms with Crippen LogP contribution in [0.1, 0.15) is 4.88 Å². The van der Waals surface area contributed by atoms with Crippen molar-refractivity contribution in [1.82, 2.24) is 4.98 Å². The van der Waals surface area contributed by atoms with Gasteiger partial charge in [-0.3, -0.25) is 0 Å². The molecule has 4 heteroatoms. The topological polar surface area (TPSA) is 59.1 Å². The fourth-order valence-corrected chi connectivity index (χ4v) is 2.32. The van der Waals surface area contributed by atoms with Crippen LogP contribution in [-0.4, -0.2) is 16.6 Å². The lowest BCUT2D eigenvalue weighted by molar-refractivity contribution is 0.451. The summed E-state index contributed by atoms with van der Waals surface area (Å²) < 4.78 is 0. The highest BCUT2D eigenvalue weighted by molar-refractivity contribution is 7.15. The van der Waals surface area contributed by atoms with Crippen molar-refractivity contribution in [2.75, 3.05) is 6.54 Å². The lowest BCUT2D eigenvalue weighted by Gasteiger charge is -1.92. The summed E-state index contributed by atoms with van der Waals surface area (Å²) in [5, 5.41) is 10.4. The van der Waals surface area contributed by atoms with E-state index in [0.717, 1.165) is 15.4 Å². The average Bonchev–Trinajstić information content (AvgIpc) is 2.63. The van der Waals surface area contributed by atoms with Crippen molar-refractivity contribution in [2.45, 2.75) is 6.42 Å². The van der Waals surface area contributed by atoms with Crippen LogP contribution in [0.15, 0.2) is 30.3 Å². The van der Waals surface area contributed by atoms with E-state index < -0.39 is 0 Å². The first-order valence-electron chi connectivity index (χ1n) is 4.75. The Morgan fingerprint density at radius 2 is 2.00 bits per heavy atom. The summed E-state index contributed by atoms with van der Waals surface area (Å²) in [5.74, 6) is 0.115. The van der Waals surface area contributed by atoms with Gasteiger partial charge in [-0.25, -0.2) is 4.98 Å². The first-order chi connectivity index (χ1) is 7.31. The van der Waals surface area contributed by atoms with Gasteiger partial charge in [-0.1, -0.05) is 30.3 Å². The van der Waals surface area contributed by atoms with Crippen LogP contribution >= 0.6 is 11.3 Å². The SMILES string of the molecule is NCCc1sc(-c2ccccc2)nc1O. The number of nitrogens with zero attached hydrogens (tertiary/aromatic N) is 1. The normalized spacial score (nSPS) is 10.5. The highest BCUT2D eigenvalue weighted by Crippen LogP contribution is 2.31. The van der Waals surface area contributed by atoms with E-state index in [-0.39, 0.29) is 5.88 Å². The molecule has 1 aromatic carbocycles. The fraction of sp³-hybridized carbons (Fsp3) is 0.182. The number of rotatable bonds is 3. The van der Waals surface area contributed by atoms with Crippen molar-refractivity contribution >= 4 is 11.3 Å². The molecule has 2 rings (SSSR count). The quantitative estimate of drug-likeness (QED) is 0.832. The third-order valence-electron chi connectivity index (χ3n) is 2.07. The minimum Gasteiger partial charge on any atom is -0.492 e. The molecule has 0 radical (unpaired) electrons. The Kier molecular flexibility index (Phi) is 2.99. The van der Waals surface area contributed by atoms with Gasteiger partial charge in [0, 0.05) is 5.56 Å². The summed E-state index contributed by atoms with van der Waals surface area (Å²) in [6.07, 6.45) is 0.677. The molecule has 0 aliphatic rings. The van der Waals surface area contributed by atoms with Gasteiger partial charge in [0.05, 0.1) is 4.88 Å². The zero-order chi connectivity index (χ0) is 10.7. The van der Waals surface area contributed by atoms with Crippen molar-refractivity contribution < 1.29 is 5.11 Å². The van der Waals surface area contributed by atoms with Crippen LogP contribution in [0.5, 0.6) is 5.88 Å². The van der Waals surface area contributed by atoms with Gasteiger partial charge in [0.1, 0.15) is 5.01 Å². The van der Waals surface area contributed by atoms with Gasteiger partial charge < -0.3 is 10.8 Å². The van der Waals surface area contributed by atoms with E-state index in [1.165, 1.54) is 11.3 Å². The monoisotopic (exact) mass is 220 g/mol. The third-order valence-corrected chi connectivity index (χ3v) is 3.22. The van der Waals surface area contributed by atoms with Crippen molar-refractivity contribution in [1.29, 1.82) is 0 Å². The number of aromatic hydroxyl groups is 1.